The van der Waals surface area contributed by atoms with E-state index in [-0.39, 0.29) is 0 Å². The van der Waals surface area contributed by atoms with Gasteiger partial charge in [0.05, 0.1) is 0 Å². The number of hydrogen-bond acceptors (Lipinski definition) is 0. The Hall–Kier alpha value is 0. The zero-order valence-corrected chi connectivity index (χ0v) is 24.2. The van der Waals surface area contributed by atoms with Gasteiger partial charge in [0.25, 0.3) is 0 Å². The van der Waals surface area contributed by atoms with Gasteiger partial charge in [-0.3, -0.25) is 0 Å². The van der Waals surface area contributed by atoms with Crippen molar-refractivity contribution in [1.82, 2.24) is 0 Å². The van der Waals surface area contributed by atoms with E-state index in [2.05, 4.69) is 27.7 Å². The summed E-state index contributed by atoms with van der Waals surface area (Å²) in [6.45, 7) is 9.58. The molecule has 0 heterocycles. The monoisotopic (exact) mass is 465 g/mol. The van der Waals surface area contributed by atoms with Crippen LogP contribution in [-0.4, -0.2) is 0 Å². The minimum atomic E-state index is 0.963. The molecule has 33 heavy (non-hydrogen) atoms. The molecule has 0 N–H and O–H groups in total. The third kappa shape index (κ3) is 28.1. The third-order valence-electron chi connectivity index (χ3n) is 7.99. The fourth-order valence-corrected chi connectivity index (χ4v) is 5.40. The molecule has 0 saturated heterocycles. The third-order valence-corrected chi connectivity index (χ3v) is 7.99. The Morgan fingerprint density at radius 3 is 0.758 bits per heavy atom. The molecule has 200 valence electrons. The van der Waals surface area contributed by atoms with Gasteiger partial charge < -0.3 is 0 Å². The normalized spacial score (nSPS) is 13.5. The SMILES string of the molecule is CCCCCCCCCCCCCCCCCCC(C)CCCCCCCC(C)CCCC. The van der Waals surface area contributed by atoms with Crippen molar-refractivity contribution < 1.29 is 0 Å². The average molecular weight is 465 g/mol. The predicted molar refractivity (Wildman–Crippen MR) is 154 cm³/mol. The van der Waals surface area contributed by atoms with E-state index in [1.165, 1.54) is 173 Å². The lowest BCUT2D eigenvalue weighted by Crippen LogP contribution is -1.96. The van der Waals surface area contributed by atoms with Gasteiger partial charge in [-0.1, -0.05) is 201 Å². The molecule has 0 nitrogen and oxygen atoms in total. The van der Waals surface area contributed by atoms with Crippen LogP contribution in [-0.2, 0) is 0 Å². The first-order chi connectivity index (χ1) is 16.2. The Balaban J connectivity index is 3.18. The van der Waals surface area contributed by atoms with Crippen molar-refractivity contribution in [3.8, 4) is 0 Å². The molecule has 2 atom stereocenters. The van der Waals surface area contributed by atoms with E-state index in [0.29, 0.717) is 0 Å². The number of hydrogen-bond donors (Lipinski definition) is 0. The average Bonchev–Trinajstić information content (AvgIpc) is 2.81. The van der Waals surface area contributed by atoms with Gasteiger partial charge in [-0.25, -0.2) is 0 Å². The molecule has 0 spiro atoms. The van der Waals surface area contributed by atoms with Gasteiger partial charge >= 0.3 is 0 Å². The van der Waals surface area contributed by atoms with Crippen molar-refractivity contribution in [2.24, 2.45) is 11.8 Å². The molecule has 0 radical (unpaired) electrons. The lowest BCUT2D eigenvalue weighted by Gasteiger charge is -2.12. The van der Waals surface area contributed by atoms with Gasteiger partial charge in [-0.05, 0) is 11.8 Å². The Morgan fingerprint density at radius 1 is 0.273 bits per heavy atom. The summed E-state index contributed by atoms with van der Waals surface area (Å²) in [6.07, 6.45) is 39.7. The molecule has 0 heteroatoms. The Morgan fingerprint density at radius 2 is 0.485 bits per heavy atom. The smallest absolute Gasteiger partial charge is 0.0443 e. The van der Waals surface area contributed by atoms with Gasteiger partial charge in [-0.15, -0.1) is 0 Å². The first-order valence-corrected chi connectivity index (χ1v) is 16.2. The van der Waals surface area contributed by atoms with E-state index in [1.807, 2.05) is 0 Å². The van der Waals surface area contributed by atoms with Crippen molar-refractivity contribution in [1.29, 1.82) is 0 Å². The predicted octanol–water partition coefficient (Wildman–Crippen LogP) is 12.8. The van der Waals surface area contributed by atoms with Crippen LogP contribution in [0.1, 0.15) is 201 Å². The molecular weight excluding hydrogens is 396 g/mol. The summed E-state index contributed by atoms with van der Waals surface area (Å²) in [5.74, 6) is 1.93. The Kier molecular flexibility index (Phi) is 28.2. The van der Waals surface area contributed by atoms with Crippen LogP contribution in [0.3, 0.4) is 0 Å². The first-order valence-electron chi connectivity index (χ1n) is 16.2. The van der Waals surface area contributed by atoms with Crippen LogP contribution in [0.5, 0.6) is 0 Å². The second-order valence-corrected chi connectivity index (χ2v) is 11.8. The molecule has 2 unspecified atom stereocenters. The number of unbranched alkanes of at least 4 members (excludes halogenated alkanes) is 20. The maximum Gasteiger partial charge on any atom is -0.0443 e. The fourth-order valence-electron chi connectivity index (χ4n) is 5.40. The summed E-state index contributed by atoms with van der Waals surface area (Å²) in [7, 11) is 0. The van der Waals surface area contributed by atoms with E-state index in [9.17, 15) is 0 Å². The van der Waals surface area contributed by atoms with Crippen LogP contribution in [0.4, 0.5) is 0 Å². The quantitative estimate of drug-likeness (QED) is 0.101. The van der Waals surface area contributed by atoms with Crippen LogP contribution in [0, 0.1) is 11.8 Å². The first kappa shape index (κ1) is 33.0. The summed E-state index contributed by atoms with van der Waals surface area (Å²) < 4.78 is 0. The van der Waals surface area contributed by atoms with E-state index in [0.717, 1.165) is 11.8 Å². The van der Waals surface area contributed by atoms with E-state index < -0.39 is 0 Å². The van der Waals surface area contributed by atoms with Gasteiger partial charge in [0.1, 0.15) is 0 Å². The number of rotatable bonds is 28. The summed E-state index contributed by atoms with van der Waals surface area (Å²) in [5.41, 5.74) is 0. The maximum absolute atomic E-state index is 2.50. The van der Waals surface area contributed by atoms with Gasteiger partial charge in [-0.2, -0.15) is 0 Å². The minimum absolute atomic E-state index is 0.963. The van der Waals surface area contributed by atoms with Crippen LogP contribution >= 0.6 is 0 Å². The van der Waals surface area contributed by atoms with E-state index >= 15 is 0 Å². The largest absolute Gasteiger partial charge is 0.0654 e. The summed E-state index contributed by atoms with van der Waals surface area (Å²) in [5, 5.41) is 0. The molecule has 0 aromatic rings. The topological polar surface area (TPSA) is 0 Å². The standard InChI is InChI=1S/C33H68/c1-5-7-9-10-11-12-13-14-15-16-17-18-19-20-22-25-30-33(4)31-27-24-21-23-26-29-32(3)28-8-6-2/h32-33H,5-31H2,1-4H3. The van der Waals surface area contributed by atoms with Crippen molar-refractivity contribution in [2.75, 3.05) is 0 Å². The van der Waals surface area contributed by atoms with E-state index in [1.54, 1.807) is 0 Å². The zero-order chi connectivity index (χ0) is 24.2. The van der Waals surface area contributed by atoms with Crippen molar-refractivity contribution in [2.45, 2.75) is 201 Å². The molecule has 0 aliphatic heterocycles. The van der Waals surface area contributed by atoms with Crippen LogP contribution in [0.25, 0.3) is 0 Å². The van der Waals surface area contributed by atoms with Crippen molar-refractivity contribution in [3.05, 3.63) is 0 Å². The molecular formula is C33H68. The lowest BCUT2D eigenvalue weighted by molar-refractivity contribution is 0.420. The second kappa shape index (κ2) is 28.2. The molecule has 0 aromatic heterocycles. The lowest BCUT2D eigenvalue weighted by atomic mass is 9.94. The highest BCUT2D eigenvalue weighted by Crippen LogP contribution is 2.20. The molecule has 0 aliphatic rings. The van der Waals surface area contributed by atoms with E-state index in [4.69, 9.17) is 0 Å². The van der Waals surface area contributed by atoms with Crippen LogP contribution in [0.2, 0.25) is 0 Å². The van der Waals surface area contributed by atoms with Crippen molar-refractivity contribution >= 4 is 0 Å². The van der Waals surface area contributed by atoms with Crippen LogP contribution < -0.4 is 0 Å². The minimum Gasteiger partial charge on any atom is -0.0654 e. The molecule has 0 amide bonds. The van der Waals surface area contributed by atoms with Gasteiger partial charge in [0.2, 0.25) is 0 Å². The second-order valence-electron chi connectivity index (χ2n) is 11.8. The fraction of sp³-hybridized carbons (Fsp3) is 1.00. The molecule has 0 bridgehead atoms. The highest BCUT2D eigenvalue weighted by Gasteiger charge is 2.04. The summed E-state index contributed by atoms with van der Waals surface area (Å²) >= 11 is 0. The van der Waals surface area contributed by atoms with Crippen LogP contribution in [0.15, 0.2) is 0 Å². The molecule has 0 aliphatic carbocycles. The highest BCUT2D eigenvalue weighted by molar-refractivity contribution is 4.57. The summed E-state index contributed by atoms with van der Waals surface area (Å²) in [4.78, 5) is 0. The Bertz CT molecular complexity index is 333. The molecule has 0 rings (SSSR count). The summed E-state index contributed by atoms with van der Waals surface area (Å²) in [6, 6.07) is 0. The van der Waals surface area contributed by atoms with Gasteiger partial charge in [0.15, 0.2) is 0 Å². The molecule has 0 fully saturated rings. The van der Waals surface area contributed by atoms with Crippen molar-refractivity contribution in [3.63, 3.8) is 0 Å². The molecule has 0 saturated carbocycles. The molecule has 0 aromatic carbocycles. The zero-order valence-electron chi connectivity index (χ0n) is 24.2. The Labute approximate surface area is 212 Å². The van der Waals surface area contributed by atoms with Gasteiger partial charge in [0, 0.05) is 0 Å². The highest BCUT2D eigenvalue weighted by atomic mass is 14.1. The maximum atomic E-state index is 2.50.